The molecule has 1 aromatic carbocycles. The average Bonchev–Trinajstić information content (AvgIpc) is 3.22. The van der Waals surface area contributed by atoms with E-state index in [1.54, 1.807) is 0 Å². The molecule has 2 nitrogen and oxygen atoms in total. The minimum atomic E-state index is 0.538. The highest BCUT2D eigenvalue weighted by Gasteiger charge is 2.32. The van der Waals surface area contributed by atoms with Gasteiger partial charge in [0.1, 0.15) is 0 Å². The molecule has 0 aliphatic heterocycles. The van der Waals surface area contributed by atoms with Crippen LogP contribution in [0.3, 0.4) is 0 Å². The maximum Gasteiger partial charge on any atom is 0.0470 e. The van der Waals surface area contributed by atoms with Gasteiger partial charge in [-0.25, -0.2) is 0 Å². The number of hydrogen-bond acceptors (Lipinski definition) is 1. The Morgan fingerprint density at radius 3 is 2.67 bits per heavy atom. The van der Waals surface area contributed by atoms with E-state index >= 15 is 0 Å². The van der Waals surface area contributed by atoms with Crippen LogP contribution in [-0.4, -0.2) is 11.1 Å². The van der Waals surface area contributed by atoms with Gasteiger partial charge in [-0.3, -0.25) is 0 Å². The zero-order valence-corrected chi connectivity index (χ0v) is 13.3. The van der Waals surface area contributed by atoms with Crippen LogP contribution >= 0.6 is 11.6 Å². The molecule has 2 aromatic rings. The molecule has 1 saturated carbocycles. The van der Waals surface area contributed by atoms with Gasteiger partial charge in [-0.05, 0) is 61.1 Å². The van der Waals surface area contributed by atoms with Crippen LogP contribution in [0.1, 0.15) is 43.4 Å². The summed E-state index contributed by atoms with van der Waals surface area (Å²) < 4.78 is 2.27. The minimum absolute atomic E-state index is 0.538. The number of nitrogens with one attached hydrogen (secondary N) is 1. The van der Waals surface area contributed by atoms with E-state index in [2.05, 4.69) is 47.4 Å². The summed E-state index contributed by atoms with van der Waals surface area (Å²) in [5, 5.41) is 4.50. The molecule has 3 heteroatoms. The maximum absolute atomic E-state index is 5.94. The van der Waals surface area contributed by atoms with Crippen LogP contribution in [-0.2, 0) is 6.54 Å². The van der Waals surface area contributed by atoms with Crippen molar-refractivity contribution in [2.24, 2.45) is 5.92 Å². The molecule has 1 N–H and O–H groups in total. The largest absolute Gasteiger partial charge is 0.350 e. The van der Waals surface area contributed by atoms with Crippen LogP contribution < -0.4 is 5.32 Å². The Bertz CT molecular complexity index is 569. The summed E-state index contributed by atoms with van der Waals surface area (Å²) in [5.74, 6) is 0.836. The summed E-state index contributed by atoms with van der Waals surface area (Å²) in [6.07, 6.45) is 8.40. The minimum Gasteiger partial charge on any atom is -0.350 e. The lowest BCUT2D eigenvalue weighted by atomic mass is 10.1. The van der Waals surface area contributed by atoms with Crippen molar-refractivity contribution in [1.29, 1.82) is 0 Å². The van der Waals surface area contributed by atoms with Crippen LogP contribution in [0.25, 0.3) is 0 Å². The van der Waals surface area contributed by atoms with E-state index in [1.165, 1.54) is 30.4 Å². The fourth-order valence-corrected chi connectivity index (χ4v) is 2.95. The SMILES string of the molecule is CCCNC(c1ccn(Cc2ccc(Cl)cc2)c1)C1CC1. The fraction of sp³-hybridized carbons (Fsp3) is 0.444. The van der Waals surface area contributed by atoms with Gasteiger partial charge in [0.25, 0.3) is 0 Å². The quantitative estimate of drug-likeness (QED) is 0.788. The summed E-state index contributed by atoms with van der Waals surface area (Å²) in [6, 6.07) is 10.9. The molecule has 1 aliphatic rings. The lowest BCUT2D eigenvalue weighted by Crippen LogP contribution is -2.23. The van der Waals surface area contributed by atoms with E-state index in [4.69, 9.17) is 11.6 Å². The van der Waals surface area contributed by atoms with Gasteiger partial charge in [0.15, 0.2) is 0 Å². The molecule has 3 rings (SSSR count). The highest BCUT2D eigenvalue weighted by atomic mass is 35.5. The summed E-state index contributed by atoms with van der Waals surface area (Å²) in [6.45, 7) is 4.23. The van der Waals surface area contributed by atoms with Gasteiger partial charge in [-0.2, -0.15) is 0 Å². The van der Waals surface area contributed by atoms with Crippen LogP contribution in [0.2, 0.25) is 5.02 Å². The Morgan fingerprint density at radius 2 is 2.00 bits per heavy atom. The molecule has 21 heavy (non-hydrogen) atoms. The first-order chi connectivity index (χ1) is 10.3. The van der Waals surface area contributed by atoms with Crippen molar-refractivity contribution in [3.05, 3.63) is 58.9 Å². The number of aromatic nitrogens is 1. The van der Waals surface area contributed by atoms with Crippen LogP contribution in [0.5, 0.6) is 0 Å². The van der Waals surface area contributed by atoms with E-state index in [0.717, 1.165) is 24.0 Å². The van der Waals surface area contributed by atoms with Crippen molar-refractivity contribution in [2.75, 3.05) is 6.54 Å². The third-order valence-corrected chi connectivity index (χ3v) is 4.37. The molecule has 1 atom stereocenters. The maximum atomic E-state index is 5.94. The highest BCUT2D eigenvalue weighted by molar-refractivity contribution is 6.30. The van der Waals surface area contributed by atoms with Crippen molar-refractivity contribution < 1.29 is 0 Å². The number of rotatable bonds is 7. The first-order valence-corrected chi connectivity index (χ1v) is 8.27. The summed E-state index contributed by atoms with van der Waals surface area (Å²) in [5.41, 5.74) is 2.71. The molecule has 1 aromatic heterocycles. The summed E-state index contributed by atoms with van der Waals surface area (Å²) >= 11 is 5.94. The van der Waals surface area contributed by atoms with Crippen LogP contribution in [0, 0.1) is 5.92 Å². The zero-order chi connectivity index (χ0) is 14.7. The number of halogens is 1. The normalized spacial score (nSPS) is 16.1. The van der Waals surface area contributed by atoms with Gasteiger partial charge in [-0.1, -0.05) is 30.7 Å². The van der Waals surface area contributed by atoms with Crippen molar-refractivity contribution in [3.63, 3.8) is 0 Å². The second kappa shape index (κ2) is 6.67. The van der Waals surface area contributed by atoms with E-state index in [9.17, 15) is 0 Å². The molecular formula is C18H23ClN2. The molecule has 112 valence electrons. The molecule has 1 unspecified atom stereocenters. The smallest absolute Gasteiger partial charge is 0.0470 e. The molecular weight excluding hydrogens is 280 g/mol. The van der Waals surface area contributed by atoms with Crippen molar-refractivity contribution in [2.45, 2.75) is 38.8 Å². The van der Waals surface area contributed by atoms with Gasteiger partial charge in [-0.15, -0.1) is 0 Å². The van der Waals surface area contributed by atoms with E-state index in [-0.39, 0.29) is 0 Å². The molecule has 0 spiro atoms. The lowest BCUT2D eigenvalue weighted by molar-refractivity contribution is 0.480. The van der Waals surface area contributed by atoms with Crippen LogP contribution in [0.15, 0.2) is 42.7 Å². The molecule has 1 fully saturated rings. The van der Waals surface area contributed by atoms with Crippen molar-refractivity contribution in [1.82, 2.24) is 9.88 Å². The first kappa shape index (κ1) is 14.7. The van der Waals surface area contributed by atoms with Crippen molar-refractivity contribution >= 4 is 11.6 Å². The topological polar surface area (TPSA) is 17.0 Å². The number of nitrogens with zero attached hydrogens (tertiary/aromatic N) is 1. The average molecular weight is 303 g/mol. The molecule has 0 amide bonds. The highest BCUT2D eigenvalue weighted by Crippen LogP contribution is 2.41. The number of benzene rings is 1. The molecule has 0 saturated heterocycles. The van der Waals surface area contributed by atoms with E-state index < -0.39 is 0 Å². The van der Waals surface area contributed by atoms with Gasteiger partial charge in [0, 0.05) is 30.0 Å². The lowest BCUT2D eigenvalue weighted by Gasteiger charge is -2.16. The van der Waals surface area contributed by atoms with Gasteiger partial charge < -0.3 is 9.88 Å². The Labute approximate surface area is 132 Å². The molecule has 0 bridgehead atoms. The predicted molar refractivity (Wildman–Crippen MR) is 88.7 cm³/mol. The Kier molecular flexibility index (Phi) is 4.67. The standard InChI is InChI=1S/C18H23ClN2/c1-2-10-20-18(15-5-6-15)16-9-11-21(13-16)12-14-3-7-17(19)8-4-14/h3-4,7-9,11,13,15,18,20H,2,5-6,10,12H2,1H3. The third kappa shape index (κ3) is 3.90. The first-order valence-electron chi connectivity index (χ1n) is 7.90. The second-order valence-electron chi connectivity index (χ2n) is 6.01. The van der Waals surface area contributed by atoms with E-state index in [1.807, 2.05) is 12.1 Å². The zero-order valence-electron chi connectivity index (χ0n) is 12.6. The van der Waals surface area contributed by atoms with Gasteiger partial charge >= 0.3 is 0 Å². The fourth-order valence-electron chi connectivity index (χ4n) is 2.83. The molecule has 1 aliphatic carbocycles. The Balaban J connectivity index is 1.68. The van der Waals surface area contributed by atoms with E-state index in [0.29, 0.717) is 6.04 Å². The Morgan fingerprint density at radius 1 is 1.24 bits per heavy atom. The summed E-state index contributed by atoms with van der Waals surface area (Å²) in [4.78, 5) is 0. The Hall–Kier alpha value is -1.25. The van der Waals surface area contributed by atoms with Crippen molar-refractivity contribution in [3.8, 4) is 0 Å². The summed E-state index contributed by atoms with van der Waals surface area (Å²) in [7, 11) is 0. The molecule has 1 heterocycles. The predicted octanol–water partition coefficient (Wildman–Crippen LogP) is 4.64. The third-order valence-electron chi connectivity index (χ3n) is 4.12. The van der Waals surface area contributed by atoms with Gasteiger partial charge in [0.05, 0.1) is 0 Å². The molecule has 0 radical (unpaired) electrons. The van der Waals surface area contributed by atoms with Gasteiger partial charge in [0.2, 0.25) is 0 Å². The van der Waals surface area contributed by atoms with Crippen LogP contribution in [0.4, 0.5) is 0 Å². The monoisotopic (exact) mass is 302 g/mol. The number of hydrogen-bond donors (Lipinski definition) is 1. The second-order valence-corrected chi connectivity index (χ2v) is 6.45.